The van der Waals surface area contributed by atoms with E-state index < -0.39 is 14.8 Å². The quantitative estimate of drug-likeness (QED) is 0.679. The highest BCUT2D eigenvalue weighted by atomic mass is 27.2. The Kier molecular flexibility index (Phi) is 4.80. The lowest BCUT2D eigenvalue weighted by Gasteiger charge is -2.29. The first kappa shape index (κ1) is 14.1. The van der Waals surface area contributed by atoms with Gasteiger partial charge in [0.1, 0.15) is 4.65 Å². The van der Waals surface area contributed by atoms with Crippen LogP contribution in [0.3, 0.4) is 0 Å². The molecule has 0 aromatic heterocycles. The monoisotopic (exact) mass is 216 g/mol. The first-order valence-corrected chi connectivity index (χ1v) is 6.39. The predicted octanol–water partition coefficient (Wildman–Crippen LogP) is 2.23. The summed E-state index contributed by atoms with van der Waals surface area (Å²) in [5.41, 5.74) is -0.623. The Balaban J connectivity index is 4.40. The zero-order valence-electron chi connectivity index (χ0n) is 10.3. The second-order valence-corrected chi connectivity index (χ2v) is 7.35. The third-order valence-corrected chi connectivity index (χ3v) is 3.76. The smallest absolute Gasteiger partial charge is 0.469 e. The van der Waals surface area contributed by atoms with Crippen LogP contribution in [-0.4, -0.2) is 30.7 Å². The number of carbonyl (C=O) groups is 1. The average Bonchev–Trinajstić information content (AvgIpc) is 1.78. The van der Waals surface area contributed by atoms with E-state index in [-0.39, 0.29) is 15.8 Å². The summed E-state index contributed by atoms with van der Waals surface area (Å²) >= 11 is -2.20. The summed E-state index contributed by atoms with van der Waals surface area (Å²) in [5, 5.41) is 0. The molecule has 3 nitrogen and oxygen atoms in total. The lowest BCUT2D eigenvalue weighted by atomic mass is 10.2. The first-order chi connectivity index (χ1) is 6.01. The van der Waals surface area contributed by atoms with Gasteiger partial charge in [0.25, 0.3) is 0 Å². The van der Waals surface area contributed by atoms with Crippen molar-refractivity contribution in [3.63, 3.8) is 0 Å². The van der Waals surface area contributed by atoms with E-state index in [1.165, 1.54) is 6.92 Å². The van der Waals surface area contributed by atoms with Crippen LogP contribution in [0.2, 0.25) is 0 Å². The molecule has 0 unspecified atom stereocenters. The molecule has 0 spiro atoms. The molecule has 14 heavy (non-hydrogen) atoms. The molecule has 4 heteroatoms. The number of rotatable bonds is 3. The van der Waals surface area contributed by atoms with E-state index in [0.717, 1.165) is 0 Å². The van der Waals surface area contributed by atoms with Gasteiger partial charge in [0, 0.05) is 11.2 Å². The Morgan fingerprint density at radius 2 is 1.21 bits per heavy atom. The number of carbonyl (C=O) groups excluding carboxylic acids is 1. The minimum Gasteiger partial charge on any atom is -0.469 e. The van der Waals surface area contributed by atoms with Crippen molar-refractivity contribution in [1.29, 1.82) is 0 Å². The largest absolute Gasteiger partial charge is 0.758 e. The first-order valence-electron chi connectivity index (χ1n) is 4.87. The Labute approximate surface area is 91.8 Å². The Bertz CT molecular complexity index is 184. The summed E-state index contributed by atoms with van der Waals surface area (Å²) in [6, 6.07) is 0. The molecule has 0 atom stereocenters. The van der Waals surface area contributed by atoms with Gasteiger partial charge < -0.3 is 12.4 Å². The van der Waals surface area contributed by atoms with Crippen LogP contribution in [0.15, 0.2) is 0 Å². The van der Waals surface area contributed by atoms with Gasteiger partial charge in [-0.3, -0.25) is 0 Å². The SMILES string of the molecule is C[C](=O)[Al]([O]C(C)(C)C)[O]C(C)(C)C. The van der Waals surface area contributed by atoms with Crippen LogP contribution in [0, 0.1) is 0 Å². The fourth-order valence-electron chi connectivity index (χ4n) is 0.832. The topological polar surface area (TPSA) is 35.5 Å². The summed E-state index contributed by atoms with van der Waals surface area (Å²) in [7, 11) is 0. The van der Waals surface area contributed by atoms with E-state index in [4.69, 9.17) is 7.58 Å². The number of hydrogen-bond donors (Lipinski definition) is 0. The van der Waals surface area contributed by atoms with Crippen LogP contribution in [0.4, 0.5) is 0 Å². The predicted molar refractivity (Wildman–Crippen MR) is 58.1 cm³/mol. The average molecular weight is 216 g/mol. The van der Waals surface area contributed by atoms with Gasteiger partial charge in [-0.05, 0) is 48.5 Å². The molecule has 0 rings (SSSR count). The molecule has 82 valence electrons. The Morgan fingerprint density at radius 1 is 0.929 bits per heavy atom. The molecule has 0 saturated heterocycles. The maximum Gasteiger partial charge on any atom is 0.758 e. The maximum atomic E-state index is 11.3. The zero-order chi connectivity index (χ0) is 11.6. The zero-order valence-corrected chi connectivity index (χ0v) is 11.5. The van der Waals surface area contributed by atoms with Crippen LogP contribution in [0.1, 0.15) is 48.5 Å². The van der Waals surface area contributed by atoms with Gasteiger partial charge in [0.2, 0.25) is 0 Å². The highest BCUT2D eigenvalue weighted by Crippen LogP contribution is 2.15. The van der Waals surface area contributed by atoms with Gasteiger partial charge in [-0.15, -0.1) is 0 Å². The molecule has 0 heterocycles. The standard InChI is InChI=1S/2C4H9O.C2H3O.Al/c2*1-4(2,3)5;1-2-3;/h2*1-3H3;1H3;/q2*-1;;+2. The molecule has 0 radical (unpaired) electrons. The van der Waals surface area contributed by atoms with Crippen molar-refractivity contribution in [1.82, 2.24) is 0 Å². The highest BCUT2D eigenvalue weighted by Gasteiger charge is 2.39. The molecule has 0 aliphatic rings. The van der Waals surface area contributed by atoms with Crippen LogP contribution in [0.25, 0.3) is 0 Å². The van der Waals surface area contributed by atoms with Crippen molar-refractivity contribution in [2.75, 3.05) is 0 Å². The summed E-state index contributed by atoms with van der Waals surface area (Å²) in [4.78, 5) is 11.3. The summed E-state index contributed by atoms with van der Waals surface area (Å²) < 4.78 is 11.3. The van der Waals surface area contributed by atoms with Gasteiger partial charge in [-0.25, -0.2) is 0 Å². The number of hydrogen-bond acceptors (Lipinski definition) is 3. The lowest BCUT2D eigenvalue weighted by Crippen LogP contribution is -2.43. The molecule has 0 fully saturated rings. The van der Waals surface area contributed by atoms with E-state index >= 15 is 0 Å². The second-order valence-electron chi connectivity index (χ2n) is 5.40. The Morgan fingerprint density at radius 3 is 1.36 bits per heavy atom. The molecular weight excluding hydrogens is 195 g/mol. The van der Waals surface area contributed by atoms with Crippen molar-refractivity contribution in [2.45, 2.75) is 59.7 Å². The molecule has 0 N–H and O–H groups in total. The van der Waals surface area contributed by atoms with Gasteiger partial charge in [-0.2, -0.15) is 0 Å². The van der Waals surface area contributed by atoms with Crippen LogP contribution in [0.5, 0.6) is 0 Å². The van der Waals surface area contributed by atoms with Crippen molar-refractivity contribution in [2.24, 2.45) is 0 Å². The Hall–Kier alpha value is 0.122. The maximum absolute atomic E-state index is 11.3. The lowest BCUT2D eigenvalue weighted by molar-refractivity contribution is -0.115. The van der Waals surface area contributed by atoms with Crippen molar-refractivity contribution >= 4 is 19.5 Å². The molecule has 0 bridgehead atoms. The minimum atomic E-state index is -2.20. The molecule has 0 aromatic carbocycles. The van der Waals surface area contributed by atoms with Crippen molar-refractivity contribution in [3.8, 4) is 0 Å². The van der Waals surface area contributed by atoms with E-state index in [9.17, 15) is 4.79 Å². The highest BCUT2D eigenvalue weighted by molar-refractivity contribution is 6.80. The van der Waals surface area contributed by atoms with Crippen LogP contribution in [-0.2, 0) is 12.4 Å². The van der Waals surface area contributed by atoms with E-state index in [1.807, 2.05) is 41.5 Å². The van der Waals surface area contributed by atoms with Gasteiger partial charge in [-0.1, -0.05) is 0 Å². The molecule has 0 aromatic rings. The van der Waals surface area contributed by atoms with Gasteiger partial charge in [0.15, 0.2) is 0 Å². The van der Waals surface area contributed by atoms with E-state index in [2.05, 4.69) is 0 Å². The molecule has 0 aliphatic carbocycles. The van der Waals surface area contributed by atoms with E-state index in [1.54, 1.807) is 0 Å². The molecule has 0 saturated carbocycles. The summed E-state index contributed by atoms with van der Waals surface area (Å²) in [5.74, 6) is 0. The second kappa shape index (κ2) is 4.76. The van der Waals surface area contributed by atoms with Crippen LogP contribution >= 0.6 is 0 Å². The fourth-order valence-corrected chi connectivity index (χ4v) is 2.50. The summed E-state index contributed by atoms with van der Waals surface area (Å²) in [6.07, 6.45) is 0. The fraction of sp³-hybridized carbons (Fsp3) is 0.900. The van der Waals surface area contributed by atoms with Crippen molar-refractivity contribution < 1.29 is 12.4 Å². The normalized spacial score (nSPS) is 12.8. The summed E-state index contributed by atoms with van der Waals surface area (Å²) in [6.45, 7) is 13.1. The third kappa shape index (κ3) is 7.52. The molecular formula is C10H21AlO3. The van der Waals surface area contributed by atoms with Crippen molar-refractivity contribution in [3.05, 3.63) is 0 Å². The van der Waals surface area contributed by atoms with Crippen LogP contribution < -0.4 is 0 Å². The van der Waals surface area contributed by atoms with Gasteiger partial charge >= 0.3 is 14.8 Å². The van der Waals surface area contributed by atoms with E-state index in [0.29, 0.717) is 0 Å². The third-order valence-electron chi connectivity index (χ3n) is 1.25. The minimum absolute atomic E-state index is 0.0369. The molecule has 0 amide bonds. The van der Waals surface area contributed by atoms with Gasteiger partial charge in [0.05, 0.1) is 0 Å². The molecule has 0 aliphatic heterocycles.